The third-order valence-electron chi connectivity index (χ3n) is 3.91. The minimum Gasteiger partial charge on any atom is -0.354 e. The Bertz CT molecular complexity index is 385. The molecule has 0 saturated carbocycles. The van der Waals surface area contributed by atoms with E-state index in [0.717, 1.165) is 12.8 Å². The summed E-state index contributed by atoms with van der Waals surface area (Å²) >= 11 is 0. The van der Waals surface area contributed by atoms with E-state index in [1.165, 1.54) is 5.56 Å². The molecule has 0 aliphatic heterocycles. The van der Waals surface area contributed by atoms with E-state index < -0.39 is 0 Å². The summed E-state index contributed by atoms with van der Waals surface area (Å²) in [6.07, 6.45) is 2.25. The Kier molecular flexibility index (Phi) is 6.03. The monoisotopic (exact) mass is 262 g/mol. The van der Waals surface area contributed by atoms with Crippen molar-refractivity contribution in [3.8, 4) is 0 Å². The third kappa shape index (κ3) is 5.03. The zero-order valence-corrected chi connectivity index (χ0v) is 12.3. The molecular weight excluding hydrogens is 236 g/mol. The SMILES string of the molecule is CCC(N)(CC)CNC(=O)CC(C)c1ccccc1. The van der Waals surface area contributed by atoms with Crippen LogP contribution in [0.2, 0.25) is 0 Å². The van der Waals surface area contributed by atoms with E-state index in [9.17, 15) is 4.79 Å². The lowest BCUT2D eigenvalue weighted by Crippen LogP contribution is -2.49. The van der Waals surface area contributed by atoms with Crippen LogP contribution in [0.3, 0.4) is 0 Å². The fraction of sp³-hybridized carbons (Fsp3) is 0.562. The predicted molar refractivity (Wildman–Crippen MR) is 80.0 cm³/mol. The molecule has 0 bridgehead atoms. The van der Waals surface area contributed by atoms with Gasteiger partial charge in [-0.15, -0.1) is 0 Å². The number of nitrogens with one attached hydrogen (secondary N) is 1. The summed E-state index contributed by atoms with van der Waals surface area (Å²) in [6, 6.07) is 10.1. The highest BCUT2D eigenvalue weighted by Crippen LogP contribution is 2.18. The van der Waals surface area contributed by atoms with Crippen LogP contribution < -0.4 is 11.1 Å². The minimum atomic E-state index is -0.272. The Hall–Kier alpha value is -1.35. The van der Waals surface area contributed by atoms with Gasteiger partial charge in [-0.3, -0.25) is 4.79 Å². The predicted octanol–water partition coefficient (Wildman–Crippen LogP) is 2.81. The molecule has 3 nitrogen and oxygen atoms in total. The van der Waals surface area contributed by atoms with Gasteiger partial charge in [-0.25, -0.2) is 0 Å². The van der Waals surface area contributed by atoms with Crippen LogP contribution in [-0.2, 0) is 4.79 Å². The van der Waals surface area contributed by atoms with E-state index in [4.69, 9.17) is 5.73 Å². The van der Waals surface area contributed by atoms with Crippen molar-refractivity contribution in [3.05, 3.63) is 35.9 Å². The molecule has 106 valence electrons. The molecular formula is C16H26N2O. The van der Waals surface area contributed by atoms with Gasteiger partial charge in [-0.2, -0.15) is 0 Å². The Morgan fingerprint density at radius 1 is 1.26 bits per heavy atom. The lowest BCUT2D eigenvalue weighted by atomic mass is 9.93. The van der Waals surface area contributed by atoms with Crippen molar-refractivity contribution in [1.82, 2.24) is 5.32 Å². The van der Waals surface area contributed by atoms with Crippen LogP contribution in [-0.4, -0.2) is 18.0 Å². The standard InChI is InChI=1S/C16H26N2O/c1-4-16(17,5-2)12-18-15(19)11-13(3)14-9-7-6-8-10-14/h6-10,13H,4-5,11-12,17H2,1-3H3,(H,18,19). The lowest BCUT2D eigenvalue weighted by molar-refractivity contribution is -0.121. The number of hydrogen-bond acceptors (Lipinski definition) is 2. The summed E-state index contributed by atoms with van der Waals surface area (Å²) in [5, 5.41) is 2.96. The molecule has 19 heavy (non-hydrogen) atoms. The first-order valence-electron chi connectivity index (χ1n) is 7.11. The van der Waals surface area contributed by atoms with Gasteiger partial charge >= 0.3 is 0 Å². The lowest BCUT2D eigenvalue weighted by Gasteiger charge is -2.27. The van der Waals surface area contributed by atoms with Crippen LogP contribution in [0.4, 0.5) is 0 Å². The molecule has 0 fully saturated rings. The molecule has 1 atom stereocenters. The second kappa shape index (κ2) is 7.29. The summed E-state index contributed by atoms with van der Waals surface area (Å²) in [5.41, 5.74) is 7.10. The van der Waals surface area contributed by atoms with Gasteiger partial charge in [0.05, 0.1) is 0 Å². The first-order valence-corrected chi connectivity index (χ1v) is 7.11. The first kappa shape index (κ1) is 15.7. The Labute approximate surface area is 116 Å². The average Bonchev–Trinajstić information content (AvgIpc) is 2.45. The third-order valence-corrected chi connectivity index (χ3v) is 3.91. The highest BCUT2D eigenvalue weighted by molar-refractivity contribution is 5.76. The summed E-state index contributed by atoms with van der Waals surface area (Å²) < 4.78 is 0. The van der Waals surface area contributed by atoms with Gasteiger partial charge in [-0.1, -0.05) is 51.1 Å². The smallest absolute Gasteiger partial charge is 0.220 e. The molecule has 0 radical (unpaired) electrons. The van der Waals surface area contributed by atoms with E-state index in [1.54, 1.807) is 0 Å². The van der Waals surface area contributed by atoms with Crippen molar-refractivity contribution in [3.63, 3.8) is 0 Å². The Morgan fingerprint density at radius 2 is 1.84 bits per heavy atom. The normalized spacial score (nSPS) is 13.1. The largest absolute Gasteiger partial charge is 0.354 e. The highest BCUT2D eigenvalue weighted by Gasteiger charge is 2.21. The van der Waals surface area contributed by atoms with E-state index in [-0.39, 0.29) is 17.4 Å². The van der Waals surface area contributed by atoms with Crippen LogP contribution in [0.25, 0.3) is 0 Å². The summed E-state index contributed by atoms with van der Waals surface area (Å²) in [5.74, 6) is 0.310. The maximum atomic E-state index is 11.9. The van der Waals surface area contributed by atoms with E-state index in [1.807, 2.05) is 18.2 Å². The molecule has 0 saturated heterocycles. The molecule has 0 spiro atoms. The number of carbonyl (C=O) groups excluding carboxylic acids is 1. The fourth-order valence-electron chi connectivity index (χ4n) is 2.02. The summed E-state index contributed by atoms with van der Waals surface area (Å²) in [6.45, 7) is 6.75. The number of nitrogens with two attached hydrogens (primary N) is 1. The zero-order valence-electron chi connectivity index (χ0n) is 12.3. The van der Waals surface area contributed by atoms with E-state index in [0.29, 0.717) is 13.0 Å². The molecule has 0 heterocycles. The molecule has 3 N–H and O–H groups in total. The average molecular weight is 262 g/mol. The quantitative estimate of drug-likeness (QED) is 0.794. The summed E-state index contributed by atoms with van der Waals surface area (Å²) in [7, 11) is 0. The van der Waals surface area contributed by atoms with Gasteiger partial charge in [0.2, 0.25) is 5.91 Å². The van der Waals surface area contributed by atoms with Crippen molar-refractivity contribution >= 4 is 5.91 Å². The molecule has 1 amide bonds. The van der Waals surface area contributed by atoms with Gasteiger partial charge < -0.3 is 11.1 Å². The van der Waals surface area contributed by atoms with Crippen LogP contribution in [0.5, 0.6) is 0 Å². The van der Waals surface area contributed by atoms with Crippen LogP contribution >= 0.6 is 0 Å². The molecule has 1 unspecified atom stereocenters. The van der Waals surface area contributed by atoms with E-state index >= 15 is 0 Å². The fourth-order valence-corrected chi connectivity index (χ4v) is 2.02. The van der Waals surface area contributed by atoms with Gasteiger partial charge in [0, 0.05) is 18.5 Å². The molecule has 1 aromatic carbocycles. The Balaban J connectivity index is 2.44. The second-order valence-electron chi connectivity index (χ2n) is 5.36. The second-order valence-corrected chi connectivity index (χ2v) is 5.36. The molecule has 0 aliphatic rings. The summed E-state index contributed by atoms with van der Waals surface area (Å²) in [4.78, 5) is 11.9. The van der Waals surface area contributed by atoms with Crippen molar-refractivity contribution in [2.75, 3.05) is 6.54 Å². The first-order chi connectivity index (χ1) is 9.00. The van der Waals surface area contributed by atoms with Crippen LogP contribution in [0.1, 0.15) is 51.5 Å². The van der Waals surface area contributed by atoms with Crippen LogP contribution in [0, 0.1) is 0 Å². The topological polar surface area (TPSA) is 55.1 Å². The Morgan fingerprint density at radius 3 is 2.37 bits per heavy atom. The minimum absolute atomic E-state index is 0.0769. The maximum Gasteiger partial charge on any atom is 0.220 e. The number of benzene rings is 1. The number of hydrogen-bond donors (Lipinski definition) is 2. The highest BCUT2D eigenvalue weighted by atomic mass is 16.1. The van der Waals surface area contributed by atoms with E-state index in [2.05, 4.69) is 38.2 Å². The zero-order chi connectivity index (χ0) is 14.3. The van der Waals surface area contributed by atoms with Crippen molar-refractivity contribution < 1.29 is 4.79 Å². The van der Waals surface area contributed by atoms with Crippen LogP contribution in [0.15, 0.2) is 30.3 Å². The van der Waals surface area contributed by atoms with Crippen molar-refractivity contribution in [1.29, 1.82) is 0 Å². The molecule has 0 aliphatic carbocycles. The maximum absolute atomic E-state index is 11.9. The molecule has 1 rings (SSSR count). The molecule has 0 aromatic heterocycles. The molecule has 3 heteroatoms. The van der Waals surface area contributed by atoms with Gasteiger partial charge in [0.15, 0.2) is 0 Å². The number of carbonyl (C=O) groups is 1. The van der Waals surface area contributed by atoms with Gasteiger partial charge in [0.1, 0.15) is 0 Å². The number of amides is 1. The van der Waals surface area contributed by atoms with Gasteiger partial charge in [-0.05, 0) is 24.3 Å². The van der Waals surface area contributed by atoms with Gasteiger partial charge in [0.25, 0.3) is 0 Å². The van der Waals surface area contributed by atoms with Crippen molar-refractivity contribution in [2.45, 2.75) is 51.5 Å². The molecule has 1 aromatic rings. The number of rotatable bonds is 7. The van der Waals surface area contributed by atoms with Crippen molar-refractivity contribution in [2.24, 2.45) is 5.73 Å².